The summed E-state index contributed by atoms with van der Waals surface area (Å²) in [5.41, 5.74) is 3.36. The number of aromatic hydroxyl groups is 1. The summed E-state index contributed by atoms with van der Waals surface area (Å²) in [5, 5.41) is 17.0. The Bertz CT molecular complexity index is 789. The number of aromatic nitrogens is 2. The summed E-state index contributed by atoms with van der Waals surface area (Å²) >= 11 is 0. The number of methoxy groups -OCH3 is 1. The van der Waals surface area contributed by atoms with Gasteiger partial charge in [-0.3, -0.25) is 5.10 Å². The van der Waals surface area contributed by atoms with Crippen LogP contribution in [0.15, 0.2) is 54.6 Å². The number of para-hydroxylation sites is 1. The molecule has 0 amide bonds. The fraction of sp³-hybridized carbons (Fsp3) is 0.0556. The van der Waals surface area contributed by atoms with E-state index in [2.05, 4.69) is 10.2 Å². The second-order valence-electron chi connectivity index (χ2n) is 4.83. The number of ether oxygens (including phenoxy) is 1. The maximum absolute atomic E-state index is 9.85. The lowest BCUT2D eigenvalue weighted by atomic mass is 10.1. The molecule has 0 aliphatic carbocycles. The number of hydrogen-bond donors (Lipinski definition) is 2. The predicted molar refractivity (Wildman–Crippen MR) is 87.6 cm³/mol. The lowest BCUT2D eigenvalue weighted by Gasteiger charge is -1.98. The van der Waals surface area contributed by atoms with Crippen molar-refractivity contribution >= 4 is 12.2 Å². The molecular formula is C18H16N2O2. The molecule has 0 spiro atoms. The summed E-state index contributed by atoms with van der Waals surface area (Å²) in [6.45, 7) is 0. The van der Waals surface area contributed by atoms with E-state index in [0.717, 1.165) is 17.0 Å². The van der Waals surface area contributed by atoms with Crippen molar-refractivity contribution in [2.45, 2.75) is 0 Å². The van der Waals surface area contributed by atoms with Gasteiger partial charge in [-0.05, 0) is 42.0 Å². The van der Waals surface area contributed by atoms with E-state index < -0.39 is 0 Å². The number of benzene rings is 2. The van der Waals surface area contributed by atoms with E-state index in [-0.39, 0.29) is 5.75 Å². The van der Waals surface area contributed by atoms with Crippen LogP contribution in [-0.4, -0.2) is 22.4 Å². The van der Waals surface area contributed by atoms with Gasteiger partial charge in [0.25, 0.3) is 0 Å². The van der Waals surface area contributed by atoms with Gasteiger partial charge in [-0.25, -0.2) is 0 Å². The number of hydrogen-bond acceptors (Lipinski definition) is 3. The minimum Gasteiger partial charge on any atom is -0.507 e. The molecule has 0 saturated heterocycles. The Morgan fingerprint density at radius 2 is 1.82 bits per heavy atom. The quantitative estimate of drug-likeness (QED) is 0.765. The molecule has 0 aliphatic heterocycles. The van der Waals surface area contributed by atoms with Crippen LogP contribution in [0.1, 0.15) is 11.3 Å². The molecule has 0 atom stereocenters. The van der Waals surface area contributed by atoms with Crippen molar-refractivity contribution in [3.05, 3.63) is 65.9 Å². The minimum absolute atomic E-state index is 0.222. The van der Waals surface area contributed by atoms with Crippen molar-refractivity contribution in [1.82, 2.24) is 10.2 Å². The molecule has 0 saturated carbocycles. The number of nitrogens with one attached hydrogen (secondary N) is 1. The second-order valence-corrected chi connectivity index (χ2v) is 4.83. The zero-order valence-corrected chi connectivity index (χ0v) is 12.2. The maximum atomic E-state index is 9.85. The molecule has 3 aromatic rings. The van der Waals surface area contributed by atoms with Crippen LogP contribution in [0.25, 0.3) is 23.4 Å². The first-order chi connectivity index (χ1) is 10.8. The molecule has 2 N–H and O–H groups in total. The second kappa shape index (κ2) is 6.18. The summed E-state index contributed by atoms with van der Waals surface area (Å²) in [4.78, 5) is 0. The third kappa shape index (κ3) is 3.01. The molecule has 22 heavy (non-hydrogen) atoms. The van der Waals surface area contributed by atoms with Gasteiger partial charge < -0.3 is 9.84 Å². The van der Waals surface area contributed by atoms with E-state index in [0.29, 0.717) is 11.3 Å². The fourth-order valence-electron chi connectivity index (χ4n) is 2.15. The van der Waals surface area contributed by atoms with Crippen molar-refractivity contribution in [2.24, 2.45) is 0 Å². The Morgan fingerprint density at radius 3 is 2.55 bits per heavy atom. The molecule has 2 aromatic carbocycles. The summed E-state index contributed by atoms with van der Waals surface area (Å²) in [5.74, 6) is 1.06. The number of H-pyrrole nitrogens is 1. The molecule has 0 bridgehead atoms. The molecule has 0 fully saturated rings. The highest BCUT2D eigenvalue weighted by Crippen LogP contribution is 2.27. The SMILES string of the molecule is COc1ccc(C=Cc2cc(-c3ccccc3O)n[nH]2)cc1. The molecule has 1 aromatic heterocycles. The first kappa shape index (κ1) is 13.9. The van der Waals surface area contributed by atoms with Gasteiger partial charge in [0.05, 0.1) is 18.5 Å². The largest absolute Gasteiger partial charge is 0.507 e. The van der Waals surface area contributed by atoms with Gasteiger partial charge in [0.2, 0.25) is 0 Å². The van der Waals surface area contributed by atoms with Crippen LogP contribution in [0.2, 0.25) is 0 Å². The van der Waals surface area contributed by atoms with Crippen LogP contribution in [-0.2, 0) is 0 Å². The van der Waals surface area contributed by atoms with Crippen molar-refractivity contribution in [3.63, 3.8) is 0 Å². The van der Waals surface area contributed by atoms with Crippen molar-refractivity contribution in [1.29, 1.82) is 0 Å². The van der Waals surface area contributed by atoms with Gasteiger partial charge in [0.15, 0.2) is 0 Å². The van der Waals surface area contributed by atoms with Crippen LogP contribution in [0, 0.1) is 0 Å². The van der Waals surface area contributed by atoms with Gasteiger partial charge in [-0.1, -0.05) is 30.3 Å². The molecule has 0 aliphatic rings. The number of phenolic OH excluding ortho intramolecular Hbond substituents is 1. The Kier molecular flexibility index (Phi) is 3.92. The van der Waals surface area contributed by atoms with Gasteiger partial charge in [-0.15, -0.1) is 0 Å². The monoisotopic (exact) mass is 292 g/mol. The minimum atomic E-state index is 0.222. The van der Waals surface area contributed by atoms with E-state index >= 15 is 0 Å². The van der Waals surface area contributed by atoms with E-state index in [4.69, 9.17) is 4.74 Å². The number of nitrogens with zero attached hydrogens (tertiary/aromatic N) is 1. The van der Waals surface area contributed by atoms with E-state index in [1.807, 2.05) is 54.6 Å². The number of phenols is 1. The lowest BCUT2D eigenvalue weighted by Crippen LogP contribution is -1.81. The lowest BCUT2D eigenvalue weighted by molar-refractivity contribution is 0.415. The van der Waals surface area contributed by atoms with Gasteiger partial charge in [-0.2, -0.15) is 5.10 Å². The van der Waals surface area contributed by atoms with Crippen LogP contribution >= 0.6 is 0 Å². The first-order valence-corrected chi connectivity index (χ1v) is 6.92. The van der Waals surface area contributed by atoms with Crippen molar-refractivity contribution in [3.8, 4) is 22.8 Å². The fourth-order valence-corrected chi connectivity index (χ4v) is 2.15. The maximum Gasteiger partial charge on any atom is 0.125 e. The normalized spacial score (nSPS) is 11.0. The van der Waals surface area contributed by atoms with Crippen LogP contribution < -0.4 is 4.74 Å². The van der Waals surface area contributed by atoms with Crippen molar-refractivity contribution < 1.29 is 9.84 Å². The topological polar surface area (TPSA) is 58.1 Å². The highest BCUT2D eigenvalue weighted by atomic mass is 16.5. The summed E-state index contributed by atoms with van der Waals surface area (Å²) in [6.07, 6.45) is 3.93. The Balaban J connectivity index is 1.79. The van der Waals surface area contributed by atoms with E-state index in [1.165, 1.54) is 0 Å². The summed E-state index contributed by atoms with van der Waals surface area (Å²) < 4.78 is 5.13. The van der Waals surface area contributed by atoms with Crippen LogP contribution in [0.5, 0.6) is 11.5 Å². The zero-order chi connectivity index (χ0) is 15.4. The van der Waals surface area contributed by atoms with Gasteiger partial charge in [0, 0.05) is 5.56 Å². The average molecular weight is 292 g/mol. The zero-order valence-electron chi connectivity index (χ0n) is 12.2. The number of aromatic amines is 1. The Morgan fingerprint density at radius 1 is 1.05 bits per heavy atom. The highest BCUT2D eigenvalue weighted by molar-refractivity contribution is 5.73. The molecule has 3 rings (SSSR count). The third-order valence-electron chi connectivity index (χ3n) is 3.35. The predicted octanol–water partition coefficient (Wildman–Crippen LogP) is 3.96. The standard InChI is InChI=1S/C18H16N2O2/c1-22-15-10-7-13(8-11-15)6-9-14-12-17(20-19-14)16-4-2-3-5-18(16)21/h2-12,21H,1H3,(H,19,20). The van der Waals surface area contributed by atoms with Crippen LogP contribution in [0.4, 0.5) is 0 Å². The average Bonchev–Trinajstić information content (AvgIpc) is 3.02. The third-order valence-corrected chi connectivity index (χ3v) is 3.35. The highest BCUT2D eigenvalue weighted by Gasteiger charge is 2.06. The first-order valence-electron chi connectivity index (χ1n) is 6.92. The summed E-state index contributed by atoms with van der Waals surface area (Å²) in [6, 6.07) is 16.8. The molecule has 1 heterocycles. The smallest absolute Gasteiger partial charge is 0.125 e. The van der Waals surface area contributed by atoms with Crippen molar-refractivity contribution in [2.75, 3.05) is 7.11 Å². The number of rotatable bonds is 4. The molecule has 4 heteroatoms. The van der Waals surface area contributed by atoms with Crippen LogP contribution in [0.3, 0.4) is 0 Å². The molecule has 0 radical (unpaired) electrons. The summed E-state index contributed by atoms with van der Waals surface area (Å²) in [7, 11) is 1.65. The molecule has 0 unspecified atom stereocenters. The van der Waals surface area contributed by atoms with Gasteiger partial charge >= 0.3 is 0 Å². The Hall–Kier alpha value is -3.01. The van der Waals surface area contributed by atoms with E-state index in [1.54, 1.807) is 19.2 Å². The molecular weight excluding hydrogens is 276 g/mol. The molecule has 4 nitrogen and oxygen atoms in total. The molecule has 110 valence electrons. The van der Waals surface area contributed by atoms with Gasteiger partial charge in [0.1, 0.15) is 11.5 Å². The Labute approximate surface area is 128 Å². The van der Waals surface area contributed by atoms with E-state index in [9.17, 15) is 5.11 Å².